The van der Waals surface area contributed by atoms with Crippen LogP contribution in [0.2, 0.25) is 0 Å². The highest BCUT2D eigenvalue weighted by Gasteiger charge is 2.49. The summed E-state index contributed by atoms with van der Waals surface area (Å²) in [5, 5.41) is 41.7. The molecule has 0 amide bonds. The number of carbonyl (C=O) groups is 1. The van der Waals surface area contributed by atoms with Gasteiger partial charge in [-0.05, 0) is 35.4 Å². The lowest BCUT2D eigenvalue weighted by Gasteiger charge is -2.40. The van der Waals surface area contributed by atoms with E-state index in [9.17, 15) is 25.2 Å². The quantitative estimate of drug-likeness (QED) is 0.278. The lowest BCUT2D eigenvalue weighted by Crippen LogP contribution is -2.60. The first-order valence-corrected chi connectivity index (χ1v) is 14.0. The van der Waals surface area contributed by atoms with Gasteiger partial charge in [-0.25, -0.2) is 0 Å². The normalized spacial score (nSPS) is 31.2. The molecule has 2 aromatic carbocycles. The molecule has 9 atom stereocenters. The summed E-state index contributed by atoms with van der Waals surface area (Å²) in [5.41, 5.74) is 1.52. The monoisotopic (exact) mass is 622 g/mol. The maximum absolute atomic E-state index is 11.3. The van der Waals surface area contributed by atoms with Crippen molar-refractivity contribution in [2.45, 2.75) is 49.8 Å². The standard InChI is InChI=1S/C30H38O14/c1-13(31)40-12-22-24(33)25(34)26(35)30(43-22)44-29-20(38-4)8-15(9-21(29)39-5)28-17-11-41-27(16(17)10-42-28)14-6-18(36-2)23(32)19(7-14)37-3/h6-9,16-17,22,24-28,30,32-35H,10-12H2,1-5H3/t16-,17-,22-,24-,25+,26-,27?,28+,30+/m1/s1. The zero-order chi connectivity index (χ0) is 31.7. The summed E-state index contributed by atoms with van der Waals surface area (Å²) in [5.74, 6) is 0.371. The van der Waals surface area contributed by atoms with Crippen LogP contribution in [0, 0.1) is 11.8 Å². The Kier molecular flexibility index (Phi) is 9.58. The molecule has 0 spiro atoms. The maximum atomic E-state index is 11.3. The number of phenolic OH excluding ortho intramolecular Hbond substituents is 1. The van der Waals surface area contributed by atoms with Crippen molar-refractivity contribution in [1.82, 2.24) is 0 Å². The predicted molar refractivity (Wildman–Crippen MR) is 149 cm³/mol. The van der Waals surface area contributed by atoms with Crippen molar-refractivity contribution in [3.8, 4) is 34.5 Å². The molecular formula is C30H38O14. The summed E-state index contributed by atoms with van der Waals surface area (Å²) in [4.78, 5) is 11.3. The van der Waals surface area contributed by atoms with E-state index in [0.717, 1.165) is 11.1 Å². The number of benzene rings is 2. The summed E-state index contributed by atoms with van der Waals surface area (Å²) < 4.78 is 50.9. The van der Waals surface area contributed by atoms with Gasteiger partial charge in [0.15, 0.2) is 23.0 Å². The van der Waals surface area contributed by atoms with E-state index in [-0.39, 0.29) is 65.1 Å². The molecule has 242 valence electrons. The molecule has 0 saturated carbocycles. The number of hydrogen-bond donors (Lipinski definition) is 4. The van der Waals surface area contributed by atoms with Crippen molar-refractivity contribution in [3.63, 3.8) is 0 Å². The van der Waals surface area contributed by atoms with Crippen molar-refractivity contribution >= 4 is 5.97 Å². The third-order valence-corrected chi connectivity index (χ3v) is 8.26. The number of fused-ring (bicyclic) bond motifs is 1. The minimum Gasteiger partial charge on any atom is -0.502 e. The second-order valence-corrected chi connectivity index (χ2v) is 10.8. The van der Waals surface area contributed by atoms with E-state index in [1.165, 1.54) is 35.4 Å². The molecule has 3 aliphatic rings. The van der Waals surface area contributed by atoms with Crippen molar-refractivity contribution < 1.29 is 67.9 Å². The van der Waals surface area contributed by atoms with Crippen molar-refractivity contribution in [2.24, 2.45) is 11.8 Å². The number of phenols is 1. The molecule has 0 aliphatic carbocycles. The zero-order valence-corrected chi connectivity index (χ0v) is 25.0. The minimum absolute atomic E-state index is 0.0141. The number of rotatable bonds is 10. The molecule has 2 aromatic rings. The molecule has 0 radical (unpaired) electrons. The Morgan fingerprint density at radius 3 is 1.70 bits per heavy atom. The lowest BCUT2D eigenvalue weighted by atomic mass is 9.84. The van der Waals surface area contributed by atoms with Gasteiger partial charge in [-0.1, -0.05) is 0 Å². The van der Waals surface area contributed by atoms with Crippen molar-refractivity contribution in [3.05, 3.63) is 35.4 Å². The molecule has 3 heterocycles. The minimum atomic E-state index is -1.64. The predicted octanol–water partition coefficient (Wildman–Crippen LogP) is 1.25. The number of methoxy groups -OCH3 is 4. The van der Waals surface area contributed by atoms with Crippen LogP contribution in [0.15, 0.2) is 24.3 Å². The smallest absolute Gasteiger partial charge is 0.302 e. The van der Waals surface area contributed by atoms with Crippen LogP contribution in [0.4, 0.5) is 0 Å². The molecule has 3 aliphatic heterocycles. The van der Waals surface area contributed by atoms with Gasteiger partial charge in [0.1, 0.15) is 31.0 Å². The van der Waals surface area contributed by atoms with E-state index in [1.54, 1.807) is 24.3 Å². The fraction of sp³-hybridized carbons (Fsp3) is 0.567. The first kappa shape index (κ1) is 31.9. The Balaban J connectivity index is 1.38. The van der Waals surface area contributed by atoms with Crippen LogP contribution in [-0.4, -0.2) is 105 Å². The summed E-state index contributed by atoms with van der Waals surface area (Å²) in [6, 6.07) is 6.90. The fourth-order valence-electron chi connectivity index (χ4n) is 5.96. The number of aromatic hydroxyl groups is 1. The fourth-order valence-corrected chi connectivity index (χ4v) is 5.96. The Labute approximate surface area is 253 Å². The highest BCUT2D eigenvalue weighted by molar-refractivity contribution is 5.65. The number of ether oxygens (including phenoxy) is 9. The van der Waals surface area contributed by atoms with Gasteiger partial charge in [-0.15, -0.1) is 0 Å². The highest BCUT2D eigenvalue weighted by atomic mass is 16.7. The average Bonchev–Trinajstić information content (AvgIpc) is 3.63. The van der Waals surface area contributed by atoms with Crippen LogP contribution < -0.4 is 23.7 Å². The summed E-state index contributed by atoms with van der Waals surface area (Å²) in [7, 11) is 5.80. The van der Waals surface area contributed by atoms with E-state index < -0.39 is 36.7 Å². The van der Waals surface area contributed by atoms with E-state index >= 15 is 0 Å². The first-order valence-electron chi connectivity index (χ1n) is 14.0. The Morgan fingerprint density at radius 2 is 1.25 bits per heavy atom. The van der Waals surface area contributed by atoms with Crippen LogP contribution in [0.5, 0.6) is 34.5 Å². The Bertz CT molecular complexity index is 1280. The van der Waals surface area contributed by atoms with Gasteiger partial charge in [0, 0.05) is 18.8 Å². The van der Waals surface area contributed by atoms with Crippen molar-refractivity contribution in [1.29, 1.82) is 0 Å². The van der Waals surface area contributed by atoms with Gasteiger partial charge in [0.25, 0.3) is 0 Å². The topological polar surface area (TPSA) is 181 Å². The molecule has 3 saturated heterocycles. The lowest BCUT2D eigenvalue weighted by molar-refractivity contribution is -0.278. The molecule has 14 nitrogen and oxygen atoms in total. The third kappa shape index (κ3) is 5.93. The van der Waals surface area contributed by atoms with Gasteiger partial charge in [0.2, 0.25) is 17.8 Å². The number of hydrogen-bond acceptors (Lipinski definition) is 14. The highest BCUT2D eigenvalue weighted by Crippen LogP contribution is 2.53. The molecule has 0 aromatic heterocycles. The van der Waals surface area contributed by atoms with Gasteiger partial charge < -0.3 is 63.1 Å². The molecule has 1 unspecified atom stereocenters. The van der Waals surface area contributed by atoms with E-state index in [0.29, 0.717) is 13.2 Å². The number of aliphatic hydroxyl groups excluding tert-OH is 3. The number of esters is 1. The summed E-state index contributed by atoms with van der Waals surface area (Å²) in [6.45, 7) is 1.64. The van der Waals surface area contributed by atoms with E-state index in [4.69, 9.17) is 42.6 Å². The van der Waals surface area contributed by atoms with Crippen LogP contribution in [0.1, 0.15) is 30.3 Å². The summed E-state index contributed by atoms with van der Waals surface area (Å²) >= 11 is 0. The molecule has 3 fully saturated rings. The van der Waals surface area contributed by atoms with Gasteiger partial charge in [-0.3, -0.25) is 4.79 Å². The SMILES string of the molecule is COc1cc(C2OC[C@H]3[C@H](c4cc(OC)c(O[C@@H]5O[C@H](COC(C)=O)[C@@H](O)[C@H](O)[C@H]5O)c(OC)c4)OC[C@@H]23)cc(OC)c1O. The van der Waals surface area contributed by atoms with Crippen LogP contribution in [0.3, 0.4) is 0 Å². The van der Waals surface area contributed by atoms with Crippen LogP contribution in [0.25, 0.3) is 0 Å². The van der Waals surface area contributed by atoms with Gasteiger partial charge >= 0.3 is 5.97 Å². The van der Waals surface area contributed by atoms with E-state index in [2.05, 4.69) is 0 Å². The van der Waals surface area contributed by atoms with Gasteiger partial charge in [0.05, 0.1) is 53.9 Å². The molecule has 5 rings (SSSR count). The Morgan fingerprint density at radius 1 is 0.773 bits per heavy atom. The zero-order valence-electron chi connectivity index (χ0n) is 25.0. The summed E-state index contributed by atoms with van der Waals surface area (Å²) in [6.07, 6.45) is -8.14. The van der Waals surface area contributed by atoms with Crippen LogP contribution >= 0.6 is 0 Å². The second kappa shape index (κ2) is 13.2. The number of carbonyl (C=O) groups excluding carboxylic acids is 1. The van der Waals surface area contributed by atoms with Crippen LogP contribution in [-0.2, 0) is 23.7 Å². The molecule has 0 bridgehead atoms. The molecule has 14 heteroatoms. The van der Waals surface area contributed by atoms with Crippen molar-refractivity contribution in [2.75, 3.05) is 48.3 Å². The maximum Gasteiger partial charge on any atom is 0.302 e. The molecule has 44 heavy (non-hydrogen) atoms. The second-order valence-electron chi connectivity index (χ2n) is 10.8. The molecular weight excluding hydrogens is 584 g/mol. The largest absolute Gasteiger partial charge is 0.502 e. The Hall–Kier alpha value is -3.53. The average molecular weight is 623 g/mol. The first-order chi connectivity index (χ1) is 21.1. The van der Waals surface area contributed by atoms with Gasteiger partial charge in [-0.2, -0.15) is 0 Å². The molecule has 4 N–H and O–H groups in total. The third-order valence-electron chi connectivity index (χ3n) is 8.26. The van der Waals surface area contributed by atoms with E-state index in [1.807, 2.05) is 0 Å². The number of aliphatic hydroxyl groups is 3.